The third-order valence-corrected chi connectivity index (χ3v) is 2.53. The van der Waals surface area contributed by atoms with Gasteiger partial charge in [0.25, 0.3) is 0 Å². The summed E-state index contributed by atoms with van der Waals surface area (Å²) < 4.78 is 9.86. The highest BCUT2D eigenvalue weighted by Crippen LogP contribution is 2.06. The summed E-state index contributed by atoms with van der Waals surface area (Å²) >= 11 is 0. The van der Waals surface area contributed by atoms with Gasteiger partial charge in [0.1, 0.15) is 11.2 Å². The van der Waals surface area contributed by atoms with Crippen LogP contribution in [0.5, 0.6) is 0 Å². The zero-order chi connectivity index (χ0) is 26.5. The highest BCUT2D eigenvalue weighted by Gasteiger charge is 2.16. The van der Waals surface area contributed by atoms with Crippen LogP contribution in [0.15, 0.2) is 0 Å². The molecule has 0 bridgehead atoms. The van der Waals surface area contributed by atoms with E-state index in [9.17, 15) is 19.2 Å². The number of terminal acetylenes is 2. The van der Waals surface area contributed by atoms with Crippen LogP contribution >= 0.6 is 0 Å². The van der Waals surface area contributed by atoms with Gasteiger partial charge in [-0.3, -0.25) is 9.59 Å². The van der Waals surface area contributed by atoms with Crippen molar-refractivity contribution < 1.29 is 33.8 Å². The molecule has 3 amide bonds. The zero-order valence-electron chi connectivity index (χ0n) is 20.4. The Balaban J connectivity index is -0.000000476. The molecule has 0 heterocycles. The molecule has 11 nitrogen and oxygen atoms in total. The highest BCUT2D eigenvalue weighted by atomic mass is 16.6. The second-order valence-corrected chi connectivity index (χ2v) is 8.14. The lowest BCUT2D eigenvalue weighted by Crippen LogP contribution is -2.35. The SMILES string of the molecule is C#CCN.C#CCNC(=O)CCNC(=O)OC(C)(C)C.CC(C)(C)OC(=O)NCCC(=O)O. The predicted molar refractivity (Wildman–Crippen MR) is 125 cm³/mol. The number of nitrogens with one attached hydrogen (secondary N) is 3. The first-order chi connectivity index (χ1) is 15.1. The molecule has 0 unspecified atom stereocenters. The average molecular weight is 471 g/mol. The Morgan fingerprint density at radius 1 is 0.818 bits per heavy atom. The Hall–Kier alpha value is -3.44. The van der Waals surface area contributed by atoms with Crippen molar-refractivity contribution in [3.8, 4) is 24.7 Å². The van der Waals surface area contributed by atoms with Crippen LogP contribution in [-0.2, 0) is 19.1 Å². The monoisotopic (exact) mass is 470 g/mol. The summed E-state index contributed by atoms with van der Waals surface area (Å²) in [6, 6.07) is 0. The number of carboxylic acids is 1. The van der Waals surface area contributed by atoms with E-state index < -0.39 is 29.4 Å². The number of hydrogen-bond acceptors (Lipinski definition) is 7. The van der Waals surface area contributed by atoms with Gasteiger partial charge in [0.2, 0.25) is 5.91 Å². The van der Waals surface area contributed by atoms with Crippen molar-refractivity contribution in [3.05, 3.63) is 0 Å². The summed E-state index contributed by atoms with van der Waals surface area (Å²) in [5, 5.41) is 15.6. The third kappa shape index (κ3) is 36.3. The maximum absolute atomic E-state index is 11.2. The van der Waals surface area contributed by atoms with E-state index >= 15 is 0 Å². The van der Waals surface area contributed by atoms with E-state index in [0.717, 1.165) is 0 Å². The maximum Gasteiger partial charge on any atom is 0.407 e. The minimum absolute atomic E-state index is 0.0875. The fourth-order valence-electron chi connectivity index (χ4n) is 1.42. The van der Waals surface area contributed by atoms with Crippen LogP contribution in [0.2, 0.25) is 0 Å². The van der Waals surface area contributed by atoms with Crippen LogP contribution in [0.25, 0.3) is 0 Å². The quantitative estimate of drug-likeness (QED) is 0.346. The average Bonchev–Trinajstić information content (AvgIpc) is 2.64. The third-order valence-electron chi connectivity index (χ3n) is 2.53. The van der Waals surface area contributed by atoms with Gasteiger partial charge in [0.05, 0.1) is 19.5 Å². The van der Waals surface area contributed by atoms with Crippen molar-refractivity contribution in [2.24, 2.45) is 5.73 Å². The molecule has 0 aliphatic rings. The zero-order valence-corrected chi connectivity index (χ0v) is 20.4. The Bertz CT molecular complexity index is 681. The first kappa shape index (κ1) is 34.2. The molecule has 0 aliphatic heterocycles. The molecule has 0 atom stereocenters. The molecule has 0 saturated heterocycles. The van der Waals surface area contributed by atoms with E-state index in [1.165, 1.54) is 0 Å². The highest BCUT2D eigenvalue weighted by molar-refractivity contribution is 5.77. The summed E-state index contributed by atoms with van der Waals surface area (Å²) in [6.45, 7) is 11.4. The van der Waals surface area contributed by atoms with Gasteiger partial charge in [-0.15, -0.1) is 12.8 Å². The Morgan fingerprint density at radius 2 is 1.21 bits per heavy atom. The van der Waals surface area contributed by atoms with E-state index in [-0.39, 0.29) is 38.4 Å². The van der Waals surface area contributed by atoms with E-state index in [1.54, 1.807) is 41.5 Å². The van der Waals surface area contributed by atoms with Crippen molar-refractivity contribution in [3.63, 3.8) is 0 Å². The number of aliphatic carboxylic acids is 1. The summed E-state index contributed by atoms with van der Waals surface area (Å²) in [5.74, 6) is 3.35. The number of ether oxygens (including phenoxy) is 2. The van der Waals surface area contributed by atoms with Gasteiger partial charge in [0, 0.05) is 19.5 Å². The molecule has 188 valence electrons. The molecule has 0 spiro atoms. The van der Waals surface area contributed by atoms with E-state index in [2.05, 4.69) is 34.2 Å². The first-order valence-corrected chi connectivity index (χ1v) is 10.1. The van der Waals surface area contributed by atoms with Crippen LogP contribution < -0.4 is 21.7 Å². The van der Waals surface area contributed by atoms with Crippen molar-refractivity contribution in [1.82, 2.24) is 16.0 Å². The number of amides is 3. The standard InChI is InChI=1S/C11H18N2O3.C8H15NO4.C3H5N/c1-5-7-12-9(14)6-8-13-10(15)16-11(2,3)4;1-8(2,3)13-7(12)9-5-4-6(10)11;1-2-3-4/h1H,6-8H2,2-4H3,(H,12,14)(H,13,15);4-5H2,1-3H3,(H,9,12)(H,10,11);1H,3-4H2. The van der Waals surface area contributed by atoms with Gasteiger partial charge >= 0.3 is 18.2 Å². The number of nitrogens with two attached hydrogens (primary N) is 1. The van der Waals surface area contributed by atoms with Gasteiger partial charge in [0.15, 0.2) is 0 Å². The molecule has 0 fully saturated rings. The lowest BCUT2D eigenvalue weighted by molar-refractivity contribution is -0.136. The summed E-state index contributed by atoms with van der Waals surface area (Å²) in [5.41, 5.74) is 3.71. The summed E-state index contributed by atoms with van der Waals surface area (Å²) in [4.78, 5) is 43.2. The van der Waals surface area contributed by atoms with Gasteiger partial charge in [-0.25, -0.2) is 9.59 Å². The van der Waals surface area contributed by atoms with Crippen molar-refractivity contribution in [2.75, 3.05) is 26.2 Å². The van der Waals surface area contributed by atoms with Gasteiger partial charge in [-0.1, -0.05) is 11.8 Å². The molecule has 0 rings (SSSR count). The predicted octanol–water partition coefficient (Wildman–Crippen LogP) is 1.21. The topological polar surface area (TPSA) is 169 Å². The number of alkyl carbamates (subject to hydrolysis) is 2. The Morgan fingerprint density at radius 3 is 1.52 bits per heavy atom. The van der Waals surface area contributed by atoms with Crippen LogP contribution in [-0.4, -0.2) is 66.6 Å². The fraction of sp³-hybridized carbons (Fsp3) is 0.636. The second kappa shape index (κ2) is 19.3. The minimum atomic E-state index is -0.948. The molecule has 0 aromatic rings. The van der Waals surface area contributed by atoms with E-state index in [1.807, 2.05) is 0 Å². The molecule has 0 aromatic heterocycles. The van der Waals surface area contributed by atoms with Crippen LogP contribution in [0.1, 0.15) is 54.4 Å². The van der Waals surface area contributed by atoms with Crippen molar-refractivity contribution in [1.29, 1.82) is 0 Å². The fourth-order valence-corrected chi connectivity index (χ4v) is 1.42. The molecule has 33 heavy (non-hydrogen) atoms. The lowest BCUT2D eigenvalue weighted by Gasteiger charge is -2.19. The molecule has 0 aliphatic carbocycles. The Labute approximate surface area is 196 Å². The van der Waals surface area contributed by atoms with Gasteiger partial charge < -0.3 is 36.3 Å². The van der Waals surface area contributed by atoms with Crippen LogP contribution in [0.4, 0.5) is 9.59 Å². The molecule has 6 N–H and O–H groups in total. The lowest BCUT2D eigenvalue weighted by atomic mass is 10.2. The molecule has 11 heteroatoms. The Kier molecular flexibility index (Phi) is 19.9. The second-order valence-electron chi connectivity index (χ2n) is 8.14. The largest absolute Gasteiger partial charge is 0.481 e. The smallest absolute Gasteiger partial charge is 0.407 e. The minimum Gasteiger partial charge on any atom is -0.481 e. The van der Waals surface area contributed by atoms with E-state index in [4.69, 9.17) is 26.7 Å². The van der Waals surface area contributed by atoms with Crippen molar-refractivity contribution in [2.45, 2.75) is 65.6 Å². The molecular formula is C22H38N4O7. The molecule has 0 radical (unpaired) electrons. The van der Waals surface area contributed by atoms with Gasteiger partial charge in [-0.05, 0) is 41.5 Å². The molecule has 0 aromatic carbocycles. The van der Waals surface area contributed by atoms with Gasteiger partial charge in [-0.2, -0.15) is 0 Å². The molecular weight excluding hydrogens is 432 g/mol. The summed E-state index contributed by atoms with van der Waals surface area (Å²) in [7, 11) is 0. The first-order valence-electron chi connectivity index (χ1n) is 10.1. The maximum atomic E-state index is 11.2. The number of rotatable bonds is 7. The van der Waals surface area contributed by atoms with Crippen molar-refractivity contribution >= 4 is 24.1 Å². The number of hydrogen-bond donors (Lipinski definition) is 5. The number of carbonyl (C=O) groups is 4. The van der Waals surface area contributed by atoms with E-state index in [0.29, 0.717) is 6.54 Å². The normalized spacial score (nSPS) is 9.73. The number of carboxylic acid groups (broad SMARTS) is 1. The van der Waals surface area contributed by atoms with Crippen LogP contribution in [0, 0.1) is 24.7 Å². The molecule has 0 saturated carbocycles. The number of carbonyl (C=O) groups excluding carboxylic acids is 3. The summed E-state index contributed by atoms with van der Waals surface area (Å²) in [6.07, 6.45) is 8.59. The van der Waals surface area contributed by atoms with Crippen LogP contribution in [0.3, 0.4) is 0 Å².